The predicted octanol–water partition coefficient (Wildman–Crippen LogP) is 1.44. The van der Waals surface area contributed by atoms with Crippen molar-refractivity contribution in [3.05, 3.63) is 29.3 Å². The van der Waals surface area contributed by atoms with E-state index in [1.54, 1.807) is 6.07 Å². The molecule has 1 rings (SSSR count). The number of aryl methyl sites for hydroxylation is 1. The van der Waals surface area contributed by atoms with Crippen molar-refractivity contribution in [1.29, 1.82) is 0 Å². The number of carbonyl (C=O) groups excluding carboxylic acids is 1. The summed E-state index contributed by atoms with van der Waals surface area (Å²) in [6, 6.07) is 7.35. The van der Waals surface area contributed by atoms with Crippen LogP contribution in [0.5, 0.6) is 5.75 Å². The van der Waals surface area contributed by atoms with E-state index in [1.165, 1.54) is 0 Å². The number of rotatable bonds is 2. The fourth-order valence-corrected chi connectivity index (χ4v) is 0.900. The maximum Gasteiger partial charge on any atom is 0.298 e. The highest BCUT2D eigenvalue weighted by Crippen LogP contribution is 2.18. The average Bonchev–Trinajstić information content (AvgIpc) is 1.97. The summed E-state index contributed by atoms with van der Waals surface area (Å²) in [6.07, 6.45) is 0. The first-order valence-electron chi connectivity index (χ1n) is 3.25. The van der Waals surface area contributed by atoms with Crippen LogP contribution >= 0.6 is 0 Å². The van der Waals surface area contributed by atoms with Gasteiger partial charge in [-0.3, -0.25) is 4.79 Å². The number of carbonyl (C=O) groups is 1. The largest absolute Gasteiger partial charge is 0.427 e. The number of hydrogen-bond donors (Lipinski definition) is 0. The second-order valence-electron chi connectivity index (χ2n) is 2.26. The summed E-state index contributed by atoms with van der Waals surface area (Å²) in [5.41, 5.74) is 1.70. The Morgan fingerprint density at radius 1 is 1.55 bits per heavy atom. The summed E-state index contributed by atoms with van der Waals surface area (Å²) in [7, 11) is 0. The van der Waals surface area contributed by atoms with Gasteiger partial charge in [-0.1, -0.05) is 12.1 Å². The van der Waals surface area contributed by atoms with Gasteiger partial charge in [-0.05, 0) is 19.9 Å². The van der Waals surface area contributed by atoms with Gasteiger partial charge in [-0.2, -0.15) is 0 Å². The maximum absolute atomic E-state index is 10.0. The summed E-state index contributed by atoms with van der Waals surface area (Å²) >= 11 is 0. The monoisotopic (exact) mass is 148 g/mol. The van der Waals surface area contributed by atoms with Crippen molar-refractivity contribution in [2.45, 2.75) is 13.8 Å². The molecule has 1 aromatic rings. The van der Waals surface area contributed by atoms with Gasteiger partial charge >= 0.3 is 0 Å². The molecule has 0 radical (unpaired) electrons. The molecule has 0 fully saturated rings. The Labute approximate surface area is 65.8 Å². The lowest BCUT2D eigenvalue weighted by Gasteiger charge is -2.01. The van der Waals surface area contributed by atoms with Crippen molar-refractivity contribution in [3.63, 3.8) is 0 Å². The van der Waals surface area contributed by atoms with Crippen LogP contribution in [0.3, 0.4) is 0 Å². The van der Waals surface area contributed by atoms with E-state index in [2.05, 4.69) is 12.1 Å². The Bertz CT molecular complexity index is 246. The highest BCUT2D eigenvalue weighted by atomic mass is 16.5. The minimum absolute atomic E-state index is 0.420. The molecule has 11 heavy (non-hydrogen) atoms. The summed E-state index contributed by atoms with van der Waals surface area (Å²) in [6.45, 7) is 4.10. The van der Waals surface area contributed by atoms with Crippen LogP contribution in [0.15, 0.2) is 6.07 Å². The van der Waals surface area contributed by atoms with Crippen molar-refractivity contribution in [2.75, 3.05) is 0 Å². The summed E-state index contributed by atoms with van der Waals surface area (Å²) < 4.78 is 4.74. The molecule has 0 spiro atoms. The minimum Gasteiger partial charge on any atom is -0.427 e. The molecule has 0 amide bonds. The van der Waals surface area contributed by atoms with Gasteiger partial charge in [0.1, 0.15) is 5.75 Å². The molecule has 0 saturated heterocycles. The van der Waals surface area contributed by atoms with Crippen LogP contribution in [0.2, 0.25) is 0 Å². The first kappa shape index (κ1) is 7.62. The number of ether oxygens (including phenoxy) is 1. The zero-order valence-corrected chi connectivity index (χ0v) is 6.47. The third-order valence-electron chi connectivity index (χ3n) is 1.41. The van der Waals surface area contributed by atoms with E-state index >= 15 is 0 Å². The standard InChI is InChI=1S/C9H8O2/c1-7-4-3-5-8(2)9(7)11-6-10/h4,6H,1-2H3. The summed E-state index contributed by atoms with van der Waals surface area (Å²) in [5.74, 6) is 0.582. The Balaban J connectivity index is 3.09. The van der Waals surface area contributed by atoms with E-state index in [0.29, 0.717) is 12.2 Å². The van der Waals surface area contributed by atoms with E-state index in [4.69, 9.17) is 4.74 Å². The van der Waals surface area contributed by atoms with Crippen LogP contribution in [0, 0.1) is 26.0 Å². The van der Waals surface area contributed by atoms with Gasteiger partial charge in [0.25, 0.3) is 6.47 Å². The van der Waals surface area contributed by atoms with Gasteiger partial charge in [0.15, 0.2) is 0 Å². The van der Waals surface area contributed by atoms with Gasteiger partial charge in [0, 0.05) is 11.1 Å². The molecule has 1 aromatic carbocycles. The van der Waals surface area contributed by atoms with Gasteiger partial charge in [0.2, 0.25) is 0 Å². The highest BCUT2D eigenvalue weighted by Gasteiger charge is 2.00. The van der Waals surface area contributed by atoms with Gasteiger partial charge < -0.3 is 4.74 Å². The zero-order valence-electron chi connectivity index (χ0n) is 6.47. The Kier molecular flexibility index (Phi) is 2.12. The fourth-order valence-electron chi connectivity index (χ4n) is 0.900. The van der Waals surface area contributed by atoms with E-state index in [9.17, 15) is 4.79 Å². The van der Waals surface area contributed by atoms with Crippen LogP contribution in [0.1, 0.15) is 11.1 Å². The van der Waals surface area contributed by atoms with Crippen LogP contribution in [0.25, 0.3) is 0 Å². The van der Waals surface area contributed by atoms with Crippen molar-refractivity contribution in [2.24, 2.45) is 0 Å². The van der Waals surface area contributed by atoms with Gasteiger partial charge in [-0.15, -0.1) is 0 Å². The number of hydrogen-bond acceptors (Lipinski definition) is 2. The predicted molar refractivity (Wildman–Crippen MR) is 40.3 cm³/mol. The fraction of sp³-hybridized carbons (Fsp3) is 0.222. The first-order chi connectivity index (χ1) is 5.25. The van der Waals surface area contributed by atoms with Crippen LogP contribution in [0.4, 0.5) is 0 Å². The molecular weight excluding hydrogens is 140 g/mol. The van der Waals surface area contributed by atoms with Gasteiger partial charge in [-0.25, -0.2) is 0 Å². The third kappa shape index (κ3) is 1.50. The minimum atomic E-state index is 0.420. The Morgan fingerprint density at radius 3 is 2.82 bits per heavy atom. The summed E-state index contributed by atoms with van der Waals surface area (Å²) in [4.78, 5) is 10.0. The molecule has 0 heterocycles. The normalized spacial score (nSPS) is 8.55. The average molecular weight is 148 g/mol. The summed E-state index contributed by atoms with van der Waals surface area (Å²) in [5, 5.41) is 0. The van der Waals surface area contributed by atoms with Crippen molar-refractivity contribution in [3.8, 4) is 5.75 Å². The lowest BCUT2D eigenvalue weighted by atomic mass is 10.2. The molecule has 2 heteroatoms. The van der Waals surface area contributed by atoms with Crippen molar-refractivity contribution < 1.29 is 9.53 Å². The van der Waals surface area contributed by atoms with Crippen LogP contribution in [-0.4, -0.2) is 6.47 Å². The molecule has 0 aliphatic carbocycles. The Hall–Kier alpha value is -1.49. The van der Waals surface area contributed by atoms with E-state index < -0.39 is 0 Å². The molecule has 0 saturated carbocycles. The smallest absolute Gasteiger partial charge is 0.298 e. The molecule has 0 aromatic heterocycles. The molecule has 0 aliphatic heterocycles. The van der Waals surface area contributed by atoms with Crippen molar-refractivity contribution >= 4 is 6.47 Å². The second-order valence-corrected chi connectivity index (χ2v) is 2.26. The maximum atomic E-state index is 10.0. The molecular formula is C9H8O2. The zero-order chi connectivity index (χ0) is 8.27. The first-order valence-corrected chi connectivity index (χ1v) is 3.25. The van der Waals surface area contributed by atoms with Crippen molar-refractivity contribution in [1.82, 2.24) is 0 Å². The Morgan fingerprint density at radius 2 is 2.27 bits per heavy atom. The highest BCUT2D eigenvalue weighted by molar-refractivity contribution is 5.49. The molecule has 0 unspecified atom stereocenters. The van der Waals surface area contributed by atoms with E-state index in [-0.39, 0.29) is 0 Å². The molecule has 2 nitrogen and oxygen atoms in total. The quantitative estimate of drug-likeness (QED) is 0.593. The molecule has 0 aliphatic rings. The SMILES string of the molecule is Cc1c#ccc(C)c1OC=O. The van der Waals surface area contributed by atoms with Gasteiger partial charge in [0.05, 0.1) is 0 Å². The molecule has 0 bridgehead atoms. The molecule has 0 N–H and O–H groups in total. The van der Waals surface area contributed by atoms with Crippen LogP contribution in [-0.2, 0) is 4.79 Å². The lowest BCUT2D eigenvalue weighted by Crippen LogP contribution is -1.92. The second kappa shape index (κ2) is 3.07. The van der Waals surface area contributed by atoms with E-state index in [0.717, 1.165) is 11.1 Å². The molecule has 0 atom stereocenters. The third-order valence-corrected chi connectivity index (χ3v) is 1.41. The topological polar surface area (TPSA) is 26.3 Å². The lowest BCUT2D eigenvalue weighted by molar-refractivity contribution is -0.120. The van der Waals surface area contributed by atoms with E-state index in [1.807, 2.05) is 13.8 Å². The van der Waals surface area contributed by atoms with Crippen LogP contribution < -0.4 is 4.74 Å². The molecule has 56 valence electrons.